The van der Waals surface area contributed by atoms with Crippen molar-refractivity contribution in [2.75, 3.05) is 18.6 Å². The number of carbonyl (C=O) groups is 2. The van der Waals surface area contributed by atoms with E-state index in [2.05, 4.69) is 10.6 Å². The lowest BCUT2D eigenvalue weighted by Gasteiger charge is -2.25. The van der Waals surface area contributed by atoms with Gasteiger partial charge in [-0.3, -0.25) is 0 Å². The first-order valence-corrected chi connectivity index (χ1v) is 7.79. The third-order valence-electron chi connectivity index (χ3n) is 3.28. The first-order valence-electron chi connectivity index (χ1n) is 6.39. The van der Waals surface area contributed by atoms with Gasteiger partial charge in [-0.15, -0.1) is 0 Å². The topological polar surface area (TPSA) is 78.4 Å². The van der Waals surface area contributed by atoms with E-state index < -0.39 is 12.0 Å². The Labute approximate surface area is 112 Å². The first-order chi connectivity index (χ1) is 8.63. The lowest BCUT2D eigenvalue weighted by atomic mass is 9.83. The quantitative estimate of drug-likeness (QED) is 0.629. The zero-order valence-corrected chi connectivity index (χ0v) is 11.6. The number of aliphatic carboxylic acids is 1. The zero-order valence-electron chi connectivity index (χ0n) is 10.8. The van der Waals surface area contributed by atoms with Gasteiger partial charge in [-0.25, -0.2) is 9.59 Å². The van der Waals surface area contributed by atoms with Crippen LogP contribution < -0.4 is 10.6 Å². The van der Waals surface area contributed by atoms with Crippen LogP contribution in [0.5, 0.6) is 0 Å². The summed E-state index contributed by atoms with van der Waals surface area (Å²) in [5.41, 5.74) is 0. The summed E-state index contributed by atoms with van der Waals surface area (Å²) in [7, 11) is 0. The number of hydrogen-bond acceptors (Lipinski definition) is 3. The van der Waals surface area contributed by atoms with Gasteiger partial charge in [0.1, 0.15) is 6.04 Å². The van der Waals surface area contributed by atoms with Crippen molar-refractivity contribution in [1.82, 2.24) is 10.6 Å². The van der Waals surface area contributed by atoms with Crippen LogP contribution in [-0.4, -0.2) is 41.7 Å². The van der Waals surface area contributed by atoms with E-state index in [0.29, 0.717) is 13.0 Å². The van der Waals surface area contributed by atoms with E-state index in [1.165, 1.54) is 19.3 Å². The second-order valence-electron chi connectivity index (χ2n) is 4.66. The van der Waals surface area contributed by atoms with Crippen LogP contribution in [0, 0.1) is 5.92 Å². The van der Waals surface area contributed by atoms with Crippen LogP contribution in [-0.2, 0) is 4.79 Å². The number of thioether (sulfide) groups is 1. The Bertz CT molecular complexity index is 282. The largest absolute Gasteiger partial charge is 0.480 e. The van der Waals surface area contributed by atoms with Crippen LogP contribution >= 0.6 is 11.8 Å². The molecule has 0 aromatic rings. The van der Waals surface area contributed by atoms with Gasteiger partial charge in [0.25, 0.3) is 0 Å². The average Bonchev–Trinajstić information content (AvgIpc) is 2.27. The van der Waals surface area contributed by atoms with Gasteiger partial charge in [-0.05, 0) is 30.8 Å². The molecular formula is C12H22N2O3S. The second kappa shape index (κ2) is 8.24. The zero-order chi connectivity index (χ0) is 13.4. The van der Waals surface area contributed by atoms with Crippen molar-refractivity contribution in [3.63, 3.8) is 0 Å². The highest BCUT2D eigenvalue weighted by molar-refractivity contribution is 7.98. The minimum Gasteiger partial charge on any atom is -0.480 e. The first kappa shape index (κ1) is 15.1. The van der Waals surface area contributed by atoms with E-state index in [1.807, 2.05) is 6.26 Å². The van der Waals surface area contributed by atoms with E-state index in [0.717, 1.165) is 18.1 Å². The lowest BCUT2D eigenvalue weighted by molar-refractivity contribution is -0.139. The molecule has 18 heavy (non-hydrogen) atoms. The average molecular weight is 274 g/mol. The molecule has 0 saturated heterocycles. The molecule has 0 bridgehead atoms. The molecule has 0 unspecified atom stereocenters. The fraction of sp³-hybridized carbons (Fsp3) is 0.833. The molecule has 104 valence electrons. The smallest absolute Gasteiger partial charge is 0.326 e. The summed E-state index contributed by atoms with van der Waals surface area (Å²) in [4.78, 5) is 22.4. The van der Waals surface area contributed by atoms with Crippen LogP contribution in [0.1, 0.15) is 32.1 Å². The molecule has 0 aromatic carbocycles. The minimum absolute atomic E-state index is 0.372. The minimum atomic E-state index is -0.974. The van der Waals surface area contributed by atoms with Crippen molar-refractivity contribution in [1.29, 1.82) is 0 Å². The maximum absolute atomic E-state index is 11.5. The Morgan fingerprint density at radius 2 is 2.17 bits per heavy atom. The van der Waals surface area contributed by atoms with Crippen molar-refractivity contribution in [2.24, 2.45) is 5.92 Å². The molecule has 1 aliphatic rings. The van der Waals surface area contributed by atoms with Gasteiger partial charge in [0.15, 0.2) is 0 Å². The Hall–Kier alpha value is -0.910. The summed E-state index contributed by atoms with van der Waals surface area (Å²) in [5, 5.41) is 14.2. The van der Waals surface area contributed by atoms with Gasteiger partial charge in [0.05, 0.1) is 0 Å². The van der Waals surface area contributed by atoms with Crippen LogP contribution in [0.2, 0.25) is 0 Å². The highest BCUT2D eigenvalue weighted by Gasteiger charge is 2.20. The standard InChI is InChI=1S/C12H22N2O3S/c1-18-8-6-10(11(15)16)14-12(17)13-7-5-9-3-2-4-9/h9-10H,2-8H2,1H3,(H,15,16)(H2,13,14,17)/t10-/m0/s1. The van der Waals surface area contributed by atoms with E-state index in [-0.39, 0.29) is 6.03 Å². The number of amides is 2. The van der Waals surface area contributed by atoms with Gasteiger partial charge in [-0.1, -0.05) is 19.3 Å². The molecule has 0 radical (unpaired) electrons. The molecule has 1 aliphatic carbocycles. The summed E-state index contributed by atoms with van der Waals surface area (Å²) in [6.45, 7) is 0.630. The second-order valence-corrected chi connectivity index (χ2v) is 5.64. The molecule has 1 saturated carbocycles. The molecule has 2 amide bonds. The monoisotopic (exact) mass is 274 g/mol. The molecule has 3 N–H and O–H groups in total. The Morgan fingerprint density at radius 1 is 1.44 bits per heavy atom. The molecule has 0 heterocycles. The predicted molar refractivity (Wildman–Crippen MR) is 72.9 cm³/mol. The van der Waals surface area contributed by atoms with E-state index in [9.17, 15) is 9.59 Å². The maximum Gasteiger partial charge on any atom is 0.326 e. The highest BCUT2D eigenvalue weighted by Crippen LogP contribution is 2.28. The highest BCUT2D eigenvalue weighted by atomic mass is 32.2. The molecule has 1 atom stereocenters. The van der Waals surface area contributed by atoms with Crippen LogP contribution in [0.25, 0.3) is 0 Å². The van der Waals surface area contributed by atoms with Crippen molar-refractivity contribution in [2.45, 2.75) is 38.1 Å². The Morgan fingerprint density at radius 3 is 2.67 bits per heavy atom. The summed E-state index contributed by atoms with van der Waals surface area (Å²) < 4.78 is 0. The van der Waals surface area contributed by atoms with Gasteiger partial charge < -0.3 is 15.7 Å². The van der Waals surface area contributed by atoms with Gasteiger partial charge in [0.2, 0.25) is 0 Å². The Balaban J connectivity index is 2.16. The molecule has 0 aromatic heterocycles. The van der Waals surface area contributed by atoms with Crippen molar-refractivity contribution in [3.05, 3.63) is 0 Å². The summed E-state index contributed by atoms with van der Waals surface area (Å²) >= 11 is 1.57. The molecule has 5 nitrogen and oxygen atoms in total. The third kappa shape index (κ3) is 5.62. The van der Waals surface area contributed by atoms with E-state index in [1.54, 1.807) is 11.8 Å². The molecule has 6 heteroatoms. The number of carboxylic acid groups (broad SMARTS) is 1. The molecule has 1 fully saturated rings. The van der Waals surface area contributed by atoms with Crippen LogP contribution in [0.3, 0.4) is 0 Å². The van der Waals surface area contributed by atoms with Crippen LogP contribution in [0.15, 0.2) is 0 Å². The van der Waals surface area contributed by atoms with Crippen molar-refractivity contribution >= 4 is 23.8 Å². The van der Waals surface area contributed by atoms with Crippen molar-refractivity contribution < 1.29 is 14.7 Å². The number of hydrogen-bond donors (Lipinski definition) is 3. The summed E-state index contributed by atoms with van der Waals surface area (Å²) in [6.07, 6.45) is 7.18. The fourth-order valence-electron chi connectivity index (χ4n) is 1.87. The van der Waals surface area contributed by atoms with Gasteiger partial charge in [-0.2, -0.15) is 11.8 Å². The number of carboxylic acids is 1. The van der Waals surface area contributed by atoms with Crippen molar-refractivity contribution in [3.8, 4) is 0 Å². The number of nitrogens with one attached hydrogen (secondary N) is 2. The number of urea groups is 1. The number of rotatable bonds is 8. The third-order valence-corrected chi connectivity index (χ3v) is 3.92. The molecular weight excluding hydrogens is 252 g/mol. The predicted octanol–water partition coefficient (Wildman–Crippen LogP) is 1.68. The molecule has 1 rings (SSSR count). The van der Waals surface area contributed by atoms with Gasteiger partial charge >= 0.3 is 12.0 Å². The van der Waals surface area contributed by atoms with Crippen LogP contribution in [0.4, 0.5) is 4.79 Å². The number of carbonyl (C=O) groups excluding carboxylic acids is 1. The lowest BCUT2D eigenvalue weighted by Crippen LogP contribution is -2.46. The Kier molecular flexibility index (Phi) is 6.93. The van der Waals surface area contributed by atoms with E-state index >= 15 is 0 Å². The fourth-order valence-corrected chi connectivity index (χ4v) is 2.35. The molecule has 0 aliphatic heterocycles. The SMILES string of the molecule is CSCC[C@H](NC(=O)NCCC1CCC1)C(=O)O. The molecule has 0 spiro atoms. The summed E-state index contributed by atoms with van der Waals surface area (Å²) in [6, 6.07) is -1.16. The van der Waals surface area contributed by atoms with Gasteiger partial charge in [0, 0.05) is 6.54 Å². The van der Waals surface area contributed by atoms with E-state index in [4.69, 9.17) is 5.11 Å². The normalized spacial score (nSPS) is 16.7. The summed E-state index contributed by atoms with van der Waals surface area (Å²) in [5.74, 6) is 0.495. The maximum atomic E-state index is 11.5.